The van der Waals surface area contributed by atoms with E-state index in [9.17, 15) is 9.59 Å². The van der Waals surface area contributed by atoms with E-state index in [2.05, 4.69) is 10.6 Å². The molecule has 18 heavy (non-hydrogen) atoms. The van der Waals surface area contributed by atoms with Crippen LogP contribution < -0.4 is 15.4 Å². The zero-order valence-corrected chi connectivity index (χ0v) is 10.6. The van der Waals surface area contributed by atoms with Crippen molar-refractivity contribution < 1.29 is 14.3 Å². The van der Waals surface area contributed by atoms with Gasteiger partial charge in [0.05, 0.1) is 0 Å². The molecule has 5 nitrogen and oxygen atoms in total. The van der Waals surface area contributed by atoms with Crippen LogP contribution in [0, 0.1) is 0 Å². The number of ether oxygens (including phenoxy) is 1. The summed E-state index contributed by atoms with van der Waals surface area (Å²) in [5, 5.41) is 5.27. The predicted octanol–water partition coefficient (Wildman–Crippen LogP) is 0.706. The second kappa shape index (κ2) is 7.32. The van der Waals surface area contributed by atoms with E-state index in [0.29, 0.717) is 18.8 Å². The SMILES string of the molecule is CC(=O)NCCNC(=O)C(C)Oc1ccccc1. The highest BCUT2D eigenvalue weighted by atomic mass is 16.5. The van der Waals surface area contributed by atoms with E-state index >= 15 is 0 Å². The maximum Gasteiger partial charge on any atom is 0.260 e. The van der Waals surface area contributed by atoms with Crippen LogP contribution in [0.4, 0.5) is 0 Å². The van der Waals surface area contributed by atoms with Crippen molar-refractivity contribution in [2.45, 2.75) is 20.0 Å². The van der Waals surface area contributed by atoms with Crippen LogP contribution in [0.2, 0.25) is 0 Å². The number of rotatable bonds is 6. The van der Waals surface area contributed by atoms with Crippen molar-refractivity contribution in [1.29, 1.82) is 0 Å². The van der Waals surface area contributed by atoms with Crippen molar-refractivity contribution in [2.75, 3.05) is 13.1 Å². The number of nitrogens with one attached hydrogen (secondary N) is 2. The number of amides is 2. The molecule has 0 aliphatic heterocycles. The molecule has 0 heterocycles. The molecule has 0 aliphatic rings. The summed E-state index contributed by atoms with van der Waals surface area (Å²) in [6.07, 6.45) is -0.565. The average Bonchev–Trinajstić information content (AvgIpc) is 2.35. The van der Waals surface area contributed by atoms with Crippen molar-refractivity contribution >= 4 is 11.8 Å². The van der Waals surface area contributed by atoms with E-state index in [1.165, 1.54) is 6.92 Å². The molecule has 0 bridgehead atoms. The number of hydrogen-bond donors (Lipinski definition) is 2. The van der Waals surface area contributed by atoms with Gasteiger partial charge < -0.3 is 15.4 Å². The monoisotopic (exact) mass is 250 g/mol. The van der Waals surface area contributed by atoms with Crippen LogP contribution in [0.15, 0.2) is 30.3 Å². The molecule has 2 amide bonds. The van der Waals surface area contributed by atoms with Gasteiger partial charge in [-0.25, -0.2) is 0 Å². The average molecular weight is 250 g/mol. The Hall–Kier alpha value is -2.04. The summed E-state index contributed by atoms with van der Waals surface area (Å²) in [4.78, 5) is 22.3. The summed E-state index contributed by atoms with van der Waals surface area (Å²) < 4.78 is 5.45. The third kappa shape index (κ3) is 5.34. The molecule has 0 saturated carbocycles. The fourth-order valence-electron chi connectivity index (χ4n) is 1.32. The summed E-state index contributed by atoms with van der Waals surface area (Å²) in [5.41, 5.74) is 0. The maximum atomic E-state index is 11.6. The van der Waals surface area contributed by atoms with Gasteiger partial charge in [-0.2, -0.15) is 0 Å². The Morgan fingerprint density at radius 2 is 1.78 bits per heavy atom. The van der Waals surface area contributed by atoms with Gasteiger partial charge in [-0.3, -0.25) is 9.59 Å². The second-order valence-corrected chi connectivity index (χ2v) is 3.85. The van der Waals surface area contributed by atoms with Gasteiger partial charge in [-0.05, 0) is 19.1 Å². The lowest BCUT2D eigenvalue weighted by molar-refractivity contribution is -0.127. The number of para-hydroxylation sites is 1. The van der Waals surface area contributed by atoms with Crippen molar-refractivity contribution in [3.63, 3.8) is 0 Å². The quantitative estimate of drug-likeness (QED) is 0.731. The third-order valence-electron chi connectivity index (χ3n) is 2.22. The van der Waals surface area contributed by atoms with E-state index in [4.69, 9.17) is 4.74 Å². The molecule has 0 aliphatic carbocycles. The number of carbonyl (C=O) groups excluding carboxylic acids is 2. The van der Waals surface area contributed by atoms with E-state index in [0.717, 1.165) is 0 Å². The van der Waals surface area contributed by atoms with Crippen LogP contribution in [0.1, 0.15) is 13.8 Å². The lowest BCUT2D eigenvalue weighted by Gasteiger charge is -2.14. The molecule has 5 heteroatoms. The van der Waals surface area contributed by atoms with Crippen molar-refractivity contribution in [3.05, 3.63) is 30.3 Å². The Morgan fingerprint density at radius 3 is 2.39 bits per heavy atom. The molecular weight excluding hydrogens is 232 g/mol. The molecule has 0 aromatic heterocycles. The fourth-order valence-corrected chi connectivity index (χ4v) is 1.32. The van der Waals surface area contributed by atoms with Gasteiger partial charge in [0.2, 0.25) is 5.91 Å². The summed E-state index contributed by atoms with van der Waals surface area (Å²) >= 11 is 0. The maximum absolute atomic E-state index is 11.6. The lowest BCUT2D eigenvalue weighted by atomic mass is 10.3. The second-order valence-electron chi connectivity index (χ2n) is 3.85. The highest BCUT2D eigenvalue weighted by molar-refractivity contribution is 5.80. The number of benzene rings is 1. The first-order chi connectivity index (χ1) is 8.59. The number of hydrogen-bond acceptors (Lipinski definition) is 3. The minimum atomic E-state index is -0.565. The molecule has 1 aromatic carbocycles. The number of carbonyl (C=O) groups is 2. The Morgan fingerprint density at radius 1 is 1.17 bits per heavy atom. The molecule has 1 unspecified atom stereocenters. The van der Waals surface area contributed by atoms with Crippen LogP contribution in [0.3, 0.4) is 0 Å². The molecular formula is C13H18N2O3. The Labute approximate surface area is 107 Å². The highest BCUT2D eigenvalue weighted by Gasteiger charge is 2.13. The fraction of sp³-hybridized carbons (Fsp3) is 0.385. The first-order valence-corrected chi connectivity index (χ1v) is 5.83. The van der Waals surface area contributed by atoms with Gasteiger partial charge in [-0.15, -0.1) is 0 Å². The Balaban J connectivity index is 2.27. The molecule has 2 N–H and O–H groups in total. The van der Waals surface area contributed by atoms with Gasteiger partial charge >= 0.3 is 0 Å². The zero-order chi connectivity index (χ0) is 13.4. The molecule has 0 fully saturated rings. The van der Waals surface area contributed by atoms with E-state index in [-0.39, 0.29) is 11.8 Å². The Kier molecular flexibility index (Phi) is 5.70. The zero-order valence-electron chi connectivity index (χ0n) is 10.6. The summed E-state index contributed by atoms with van der Waals surface area (Å²) in [5.74, 6) is 0.337. The van der Waals surface area contributed by atoms with E-state index in [1.807, 2.05) is 18.2 Å². The van der Waals surface area contributed by atoms with Gasteiger partial charge in [0.1, 0.15) is 5.75 Å². The molecule has 0 radical (unpaired) electrons. The lowest BCUT2D eigenvalue weighted by Crippen LogP contribution is -2.40. The highest BCUT2D eigenvalue weighted by Crippen LogP contribution is 2.10. The van der Waals surface area contributed by atoms with Gasteiger partial charge in [0.15, 0.2) is 6.10 Å². The topological polar surface area (TPSA) is 67.4 Å². The first-order valence-electron chi connectivity index (χ1n) is 5.83. The van der Waals surface area contributed by atoms with Gasteiger partial charge in [0, 0.05) is 20.0 Å². The molecule has 0 saturated heterocycles. The van der Waals surface area contributed by atoms with E-state index < -0.39 is 6.10 Å². The molecule has 1 atom stereocenters. The van der Waals surface area contributed by atoms with Crippen LogP contribution in [0.5, 0.6) is 5.75 Å². The molecule has 98 valence electrons. The molecule has 1 aromatic rings. The third-order valence-corrected chi connectivity index (χ3v) is 2.22. The predicted molar refractivity (Wildman–Crippen MR) is 68.2 cm³/mol. The smallest absolute Gasteiger partial charge is 0.260 e. The largest absolute Gasteiger partial charge is 0.481 e. The van der Waals surface area contributed by atoms with Crippen LogP contribution in [-0.2, 0) is 9.59 Å². The summed E-state index contributed by atoms with van der Waals surface area (Å²) in [6.45, 7) is 3.92. The van der Waals surface area contributed by atoms with Crippen LogP contribution in [0.25, 0.3) is 0 Å². The summed E-state index contributed by atoms with van der Waals surface area (Å²) in [6, 6.07) is 9.15. The molecule has 0 spiro atoms. The van der Waals surface area contributed by atoms with Gasteiger partial charge in [0.25, 0.3) is 5.91 Å². The van der Waals surface area contributed by atoms with Gasteiger partial charge in [-0.1, -0.05) is 18.2 Å². The normalized spacial score (nSPS) is 11.4. The standard InChI is InChI=1S/C13H18N2O3/c1-10(18-12-6-4-3-5-7-12)13(17)15-9-8-14-11(2)16/h3-7,10H,8-9H2,1-2H3,(H,14,16)(H,15,17). The minimum Gasteiger partial charge on any atom is -0.481 e. The van der Waals surface area contributed by atoms with E-state index in [1.54, 1.807) is 19.1 Å². The Bertz CT molecular complexity index is 392. The van der Waals surface area contributed by atoms with Crippen LogP contribution in [-0.4, -0.2) is 31.0 Å². The first kappa shape index (κ1) is 14.0. The van der Waals surface area contributed by atoms with Crippen molar-refractivity contribution in [3.8, 4) is 5.75 Å². The minimum absolute atomic E-state index is 0.113. The molecule has 1 rings (SSSR count). The summed E-state index contributed by atoms with van der Waals surface area (Å²) in [7, 11) is 0. The van der Waals surface area contributed by atoms with Crippen molar-refractivity contribution in [1.82, 2.24) is 10.6 Å². The van der Waals surface area contributed by atoms with Crippen molar-refractivity contribution in [2.24, 2.45) is 0 Å². The van der Waals surface area contributed by atoms with Crippen LogP contribution >= 0.6 is 0 Å².